The fraction of sp³-hybridized carbons (Fsp3) is 0.182. The summed E-state index contributed by atoms with van der Waals surface area (Å²) in [7, 11) is 1.60. The van der Waals surface area contributed by atoms with Gasteiger partial charge in [-0.15, -0.1) is 0 Å². The molecule has 1 aliphatic rings. The minimum absolute atomic E-state index is 0.177. The lowest BCUT2D eigenvalue weighted by Gasteiger charge is -2.13. The van der Waals surface area contributed by atoms with Gasteiger partial charge in [-0.2, -0.15) is 0 Å². The van der Waals surface area contributed by atoms with Crippen molar-refractivity contribution in [1.29, 1.82) is 0 Å². The van der Waals surface area contributed by atoms with Crippen LogP contribution in [0, 0.1) is 5.82 Å². The lowest BCUT2D eigenvalue weighted by atomic mass is 10.2. The van der Waals surface area contributed by atoms with Crippen LogP contribution in [0.25, 0.3) is 16.3 Å². The van der Waals surface area contributed by atoms with Gasteiger partial charge in [0, 0.05) is 13.0 Å². The lowest BCUT2D eigenvalue weighted by molar-refractivity contribution is -0.122. The first-order chi connectivity index (χ1) is 15.4. The third-order valence-electron chi connectivity index (χ3n) is 4.67. The van der Waals surface area contributed by atoms with E-state index in [1.165, 1.54) is 40.1 Å². The van der Waals surface area contributed by atoms with Crippen LogP contribution < -0.4 is 10.1 Å². The number of fused-ring (bicyclic) bond motifs is 1. The first-order valence-electron chi connectivity index (χ1n) is 9.68. The Bertz CT molecular complexity index is 1220. The SMILES string of the molecule is COc1ccc2nc(NC(=O)CCCN3C(=O)/C(=C/c4ccc(F)cc4)SC3=S)sc2c1. The van der Waals surface area contributed by atoms with Crippen molar-refractivity contribution < 1.29 is 18.7 Å². The summed E-state index contributed by atoms with van der Waals surface area (Å²) in [5, 5.41) is 3.33. The summed E-state index contributed by atoms with van der Waals surface area (Å²) < 4.78 is 19.6. The summed E-state index contributed by atoms with van der Waals surface area (Å²) in [6, 6.07) is 11.4. The summed E-state index contributed by atoms with van der Waals surface area (Å²) in [6.07, 6.45) is 2.38. The topological polar surface area (TPSA) is 71.5 Å². The molecule has 2 aromatic carbocycles. The third kappa shape index (κ3) is 5.14. The summed E-state index contributed by atoms with van der Waals surface area (Å²) in [4.78, 5) is 31.4. The van der Waals surface area contributed by atoms with E-state index in [-0.39, 0.29) is 24.1 Å². The number of thioether (sulfide) groups is 1. The quantitative estimate of drug-likeness (QED) is 0.371. The number of rotatable bonds is 7. The van der Waals surface area contributed by atoms with Crippen molar-refractivity contribution in [2.45, 2.75) is 12.8 Å². The van der Waals surface area contributed by atoms with Crippen molar-refractivity contribution in [3.05, 3.63) is 58.8 Å². The first-order valence-corrected chi connectivity index (χ1v) is 11.7. The molecule has 1 saturated heterocycles. The van der Waals surface area contributed by atoms with Crippen LogP contribution in [0.15, 0.2) is 47.4 Å². The van der Waals surface area contributed by atoms with Gasteiger partial charge in [-0.3, -0.25) is 14.5 Å². The highest BCUT2D eigenvalue weighted by atomic mass is 32.2. The molecule has 1 aromatic heterocycles. The van der Waals surface area contributed by atoms with Gasteiger partial charge in [0.15, 0.2) is 5.13 Å². The second-order valence-electron chi connectivity index (χ2n) is 6.89. The zero-order chi connectivity index (χ0) is 22.7. The summed E-state index contributed by atoms with van der Waals surface area (Å²) in [5.41, 5.74) is 1.51. The van der Waals surface area contributed by atoms with Crippen LogP contribution in [0.5, 0.6) is 5.75 Å². The zero-order valence-corrected chi connectivity index (χ0v) is 19.4. The average molecular weight is 488 g/mol. The van der Waals surface area contributed by atoms with Gasteiger partial charge < -0.3 is 10.1 Å². The van der Waals surface area contributed by atoms with Crippen LogP contribution in [0.2, 0.25) is 0 Å². The third-order valence-corrected chi connectivity index (χ3v) is 6.98. The molecule has 32 heavy (non-hydrogen) atoms. The van der Waals surface area contributed by atoms with Gasteiger partial charge in [0.25, 0.3) is 5.91 Å². The maximum atomic E-state index is 13.1. The molecule has 0 radical (unpaired) electrons. The second-order valence-corrected chi connectivity index (χ2v) is 9.60. The fourth-order valence-electron chi connectivity index (χ4n) is 3.07. The van der Waals surface area contributed by atoms with Gasteiger partial charge >= 0.3 is 0 Å². The lowest BCUT2D eigenvalue weighted by Crippen LogP contribution is -2.29. The van der Waals surface area contributed by atoms with E-state index in [1.807, 2.05) is 18.2 Å². The standard InChI is InChI=1S/C22H18FN3O3S3/c1-29-15-8-9-16-17(12-15)31-21(24-16)25-19(27)3-2-10-26-20(28)18(32-22(26)30)11-13-4-6-14(23)7-5-13/h4-9,11-12H,2-3,10H2,1H3,(H,24,25,27)/b18-11-. The molecule has 3 aromatic rings. The summed E-state index contributed by atoms with van der Waals surface area (Å²) in [5.74, 6) is 0.0164. The first kappa shape index (κ1) is 22.4. The van der Waals surface area contributed by atoms with Crippen LogP contribution in [0.3, 0.4) is 0 Å². The number of methoxy groups -OCH3 is 1. The zero-order valence-electron chi connectivity index (χ0n) is 17.0. The Morgan fingerprint density at radius 2 is 2.06 bits per heavy atom. The normalized spacial score (nSPS) is 15.1. The van der Waals surface area contributed by atoms with Gasteiger partial charge in [0.05, 0.1) is 22.2 Å². The highest BCUT2D eigenvalue weighted by Crippen LogP contribution is 2.33. The number of anilines is 1. The number of hydrogen-bond donors (Lipinski definition) is 1. The van der Waals surface area contributed by atoms with Gasteiger partial charge in [0.1, 0.15) is 15.9 Å². The van der Waals surface area contributed by atoms with Crippen molar-refractivity contribution in [3.8, 4) is 5.75 Å². The Labute approximate surface area is 197 Å². The van der Waals surface area contributed by atoms with E-state index in [1.54, 1.807) is 25.3 Å². The van der Waals surface area contributed by atoms with Crippen LogP contribution in [0.4, 0.5) is 9.52 Å². The molecule has 1 N–H and O–H groups in total. The summed E-state index contributed by atoms with van der Waals surface area (Å²) in [6.45, 7) is 0.343. The number of nitrogens with one attached hydrogen (secondary N) is 1. The predicted octanol–water partition coefficient (Wildman–Crippen LogP) is 5.06. The Hall–Kier alpha value is -2.82. The molecule has 0 spiro atoms. The molecule has 0 unspecified atom stereocenters. The monoisotopic (exact) mass is 487 g/mol. The molecule has 0 saturated carbocycles. The average Bonchev–Trinajstić information content (AvgIpc) is 3.29. The number of nitrogens with zero attached hydrogens (tertiary/aromatic N) is 2. The Kier molecular flexibility index (Phi) is 6.83. The molecule has 164 valence electrons. The van der Waals surface area contributed by atoms with E-state index < -0.39 is 0 Å². The Balaban J connectivity index is 1.31. The maximum absolute atomic E-state index is 13.1. The summed E-state index contributed by atoms with van der Waals surface area (Å²) >= 11 is 7.90. The molecule has 0 aliphatic carbocycles. The number of carbonyl (C=O) groups excluding carboxylic acids is 2. The van der Waals surface area contributed by atoms with Crippen molar-refractivity contribution in [2.24, 2.45) is 0 Å². The number of amides is 2. The molecule has 2 heterocycles. The van der Waals surface area contributed by atoms with Gasteiger partial charge in [0.2, 0.25) is 5.91 Å². The van der Waals surface area contributed by atoms with Crippen molar-refractivity contribution >= 4 is 72.9 Å². The molecule has 1 fully saturated rings. The fourth-order valence-corrected chi connectivity index (χ4v) is 5.29. The van der Waals surface area contributed by atoms with Crippen LogP contribution in [-0.2, 0) is 9.59 Å². The number of thiocarbonyl (C=S) groups is 1. The predicted molar refractivity (Wildman–Crippen MR) is 130 cm³/mol. The van der Waals surface area contributed by atoms with E-state index in [4.69, 9.17) is 17.0 Å². The molecule has 0 atom stereocenters. The minimum Gasteiger partial charge on any atom is -0.497 e. The number of thiazole rings is 1. The number of aromatic nitrogens is 1. The Morgan fingerprint density at radius 3 is 2.81 bits per heavy atom. The molecule has 10 heteroatoms. The highest BCUT2D eigenvalue weighted by Gasteiger charge is 2.31. The van der Waals surface area contributed by atoms with E-state index in [0.29, 0.717) is 27.3 Å². The van der Waals surface area contributed by atoms with Gasteiger partial charge in [-0.05, 0) is 48.4 Å². The molecular formula is C22H18FN3O3S3. The number of ether oxygens (including phenoxy) is 1. The number of halogens is 1. The Morgan fingerprint density at radius 1 is 1.28 bits per heavy atom. The highest BCUT2D eigenvalue weighted by molar-refractivity contribution is 8.26. The molecule has 6 nitrogen and oxygen atoms in total. The molecule has 2 amide bonds. The largest absolute Gasteiger partial charge is 0.497 e. The van der Waals surface area contributed by atoms with Gasteiger partial charge in [-0.25, -0.2) is 9.37 Å². The van der Waals surface area contributed by atoms with E-state index >= 15 is 0 Å². The molecule has 1 aliphatic heterocycles. The maximum Gasteiger partial charge on any atom is 0.266 e. The van der Waals surface area contributed by atoms with Crippen molar-refractivity contribution in [2.75, 3.05) is 19.0 Å². The van der Waals surface area contributed by atoms with Crippen LogP contribution in [-0.4, -0.2) is 39.7 Å². The number of carbonyl (C=O) groups is 2. The minimum atomic E-state index is -0.335. The molecule has 4 rings (SSSR count). The van der Waals surface area contributed by atoms with Crippen molar-refractivity contribution in [3.63, 3.8) is 0 Å². The van der Waals surface area contributed by atoms with E-state index in [2.05, 4.69) is 10.3 Å². The second kappa shape index (κ2) is 9.76. The molecule has 0 bridgehead atoms. The van der Waals surface area contributed by atoms with Crippen molar-refractivity contribution in [1.82, 2.24) is 9.88 Å². The smallest absolute Gasteiger partial charge is 0.266 e. The van der Waals surface area contributed by atoms with E-state index in [9.17, 15) is 14.0 Å². The number of hydrogen-bond acceptors (Lipinski definition) is 7. The van der Waals surface area contributed by atoms with E-state index in [0.717, 1.165) is 21.5 Å². The van der Waals surface area contributed by atoms with Crippen LogP contribution >= 0.6 is 35.3 Å². The van der Waals surface area contributed by atoms with Gasteiger partial charge in [-0.1, -0.05) is 47.4 Å². The molecular weight excluding hydrogens is 469 g/mol. The number of benzene rings is 2. The van der Waals surface area contributed by atoms with Crippen LogP contribution in [0.1, 0.15) is 18.4 Å².